The lowest BCUT2D eigenvalue weighted by Crippen LogP contribution is -2.42. The van der Waals surface area contributed by atoms with Gasteiger partial charge in [0.25, 0.3) is 0 Å². The third-order valence-electron chi connectivity index (χ3n) is 6.86. The molecule has 2 aromatic rings. The van der Waals surface area contributed by atoms with Crippen LogP contribution in [-0.4, -0.2) is 48.5 Å². The molecule has 0 unspecified atom stereocenters. The van der Waals surface area contributed by atoms with Crippen LogP contribution in [0.15, 0.2) is 36.4 Å². The summed E-state index contributed by atoms with van der Waals surface area (Å²) in [6.45, 7) is 6.03. The largest absolute Gasteiger partial charge is 0.487 e. The molecule has 6 heteroatoms. The van der Waals surface area contributed by atoms with E-state index in [1.54, 1.807) is 6.07 Å². The topological polar surface area (TPSA) is 51.2 Å². The van der Waals surface area contributed by atoms with E-state index in [0.29, 0.717) is 37.2 Å². The highest BCUT2D eigenvalue weighted by molar-refractivity contribution is 5.43. The van der Waals surface area contributed by atoms with Gasteiger partial charge in [0.15, 0.2) is 11.5 Å². The van der Waals surface area contributed by atoms with E-state index >= 15 is 0 Å². The molecule has 166 valence electrons. The zero-order valence-electron chi connectivity index (χ0n) is 17.9. The highest BCUT2D eigenvalue weighted by Gasteiger charge is 2.42. The maximum Gasteiger partial charge on any atom is 0.161 e. The van der Waals surface area contributed by atoms with Crippen molar-refractivity contribution in [2.75, 3.05) is 26.3 Å². The first-order chi connectivity index (χ1) is 15.1. The van der Waals surface area contributed by atoms with E-state index in [9.17, 15) is 9.50 Å². The van der Waals surface area contributed by atoms with Crippen LogP contribution in [0.3, 0.4) is 0 Å². The fourth-order valence-corrected chi connectivity index (χ4v) is 5.29. The van der Waals surface area contributed by atoms with Gasteiger partial charge < -0.3 is 19.3 Å². The maximum absolute atomic E-state index is 13.6. The Balaban J connectivity index is 1.23. The first-order valence-electron chi connectivity index (χ1n) is 11.3. The predicted octanol–water partition coefficient (Wildman–Crippen LogP) is 3.81. The molecule has 31 heavy (non-hydrogen) atoms. The quantitative estimate of drug-likeness (QED) is 0.787. The molecule has 1 N–H and O–H groups in total. The summed E-state index contributed by atoms with van der Waals surface area (Å²) >= 11 is 0. The average molecular weight is 428 g/mol. The van der Waals surface area contributed by atoms with Gasteiger partial charge in [0.2, 0.25) is 0 Å². The van der Waals surface area contributed by atoms with Crippen molar-refractivity contribution < 1.29 is 23.7 Å². The third-order valence-corrected chi connectivity index (χ3v) is 6.86. The SMILES string of the molecule is CCc1cc(F)ccc1O[C@@H]1C[C@@H]2CN(Cc3ccc4c(c3)OCCO4)C[C@@H]2C[C@H]1O. The number of ether oxygens (including phenoxy) is 3. The van der Waals surface area contributed by atoms with Crippen LogP contribution in [0.2, 0.25) is 0 Å². The summed E-state index contributed by atoms with van der Waals surface area (Å²) in [5.41, 5.74) is 2.07. The van der Waals surface area contributed by atoms with Gasteiger partial charge in [0.1, 0.15) is 30.9 Å². The van der Waals surface area contributed by atoms with Crippen molar-refractivity contribution in [2.45, 2.75) is 44.9 Å². The van der Waals surface area contributed by atoms with Crippen molar-refractivity contribution in [3.63, 3.8) is 0 Å². The second kappa shape index (κ2) is 8.67. The first-order valence-corrected chi connectivity index (χ1v) is 11.3. The third kappa shape index (κ3) is 4.37. The Morgan fingerprint density at radius 1 is 1.03 bits per heavy atom. The molecular formula is C25H30FNO4. The summed E-state index contributed by atoms with van der Waals surface area (Å²) in [5.74, 6) is 3.06. The zero-order chi connectivity index (χ0) is 21.4. The Bertz CT molecular complexity index is 936. The molecule has 2 heterocycles. The van der Waals surface area contributed by atoms with E-state index in [1.165, 1.54) is 17.7 Å². The summed E-state index contributed by atoms with van der Waals surface area (Å²) in [7, 11) is 0. The molecule has 1 saturated carbocycles. The molecule has 2 aromatic carbocycles. The summed E-state index contributed by atoms with van der Waals surface area (Å²) in [5, 5.41) is 10.8. The van der Waals surface area contributed by atoms with Gasteiger partial charge >= 0.3 is 0 Å². The van der Waals surface area contributed by atoms with E-state index in [0.717, 1.165) is 49.5 Å². The van der Waals surface area contributed by atoms with Crippen LogP contribution >= 0.6 is 0 Å². The van der Waals surface area contributed by atoms with Gasteiger partial charge in [-0.15, -0.1) is 0 Å². The summed E-state index contributed by atoms with van der Waals surface area (Å²) in [6, 6.07) is 10.8. The molecule has 5 nitrogen and oxygen atoms in total. The molecule has 2 aliphatic heterocycles. The smallest absolute Gasteiger partial charge is 0.161 e. The van der Waals surface area contributed by atoms with E-state index in [4.69, 9.17) is 14.2 Å². The van der Waals surface area contributed by atoms with Crippen LogP contribution in [-0.2, 0) is 13.0 Å². The van der Waals surface area contributed by atoms with Crippen LogP contribution in [0, 0.1) is 17.7 Å². The van der Waals surface area contributed by atoms with E-state index in [2.05, 4.69) is 17.0 Å². The van der Waals surface area contributed by atoms with Crippen LogP contribution in [0.25, 0.3) is 0 Å². The Labute approximate surface area is 182 Å². The van der Waals surface area contributed by atoms with Crippen molar-refractivity contribution in [1.29, 1.82) is 0 Å². The highest BCUT2D eigenvalue weighted by Crippen LogP contribution is 2.39. The Hall–Kier alpha value is -2.31. The van der Waals surface area contributed by atoms with Gasteiger partial charge in [-0.05, 0) is 72.6 Å². The van der Waals surface area contributed by atoms with Crippen molar-refractivity contribution in [3.05, 3.63) is 53.3 Å². The molecule has 4 atom stereocenters. The standard InChI is InChI=1S/C25H30FNO4/c1-2-17-10-20(26)4-6-22(17)31-24-12-19-15-27(14-18(19)11-21(24)28)13-16-3-5-23-25(9-16)30-8-7-29-23/h3-6,9-10,18-19,21,24,28H,2,7-8,11-15H2,1H3/t18-,19+,21+,24+/m0/s1. The second-order valence-corrected chi connectivity index (χ2v) is 8.99. The molecule has 2 fully saturated rings. The first kappa shape index (κ1) is 20.6. The van der Waals surface area contributed by atoms with E-state index in [-0.39, 0.29) is 11.9 Å². The fourth-order valence-electron chi connectivity index (χ4n) is 5.29. The van der Waals surface area contributed by atoms with Gasteiger partial charge in [-0.3, -0.25) is 4.90 Å². The molecule has 0 spiro atoms. The molecule has 0 amide bonds. The Morgan fingerprint density at radius 3 is 2.61 bits per heavy atom. The minimum Gasteiger partial charge on any atom is -0.487 e. The normalized spacial score (nSPS) is 27.7. The molecular weight excluding hydrogens is 397 g/mol. The van der Waals surface area contributed by atoms with Crippen LogP contribution < -0.4 is 14.2 Å². The number of aryl methyl sites for hydroxylation is 1. The number of halogens is 1. The second-order valence-electron chi connectivity index (χ2n) is 8.99. The summed E-state index contributed by atoms with van der Waals surface area (Å²) in [6.07, 6.45) is 1.53. The van der Waals surface area contributed by atoms with Crippen LogP contribution in [0.4, 0.5) is 4.39 Å². The van der Waals surface area contributed by atoms with Gasteiger partial charge in [0, 0.05) is 19.6 Å². The Morgan fingerprint density at radius 2 is 1.81 bits per heavy atom. The van der Waals surface area contributed by atoms with Gasteiger partial charge in [-0.2, -0.15) is 0 Å². The van der Waals surface area contributed by atoms with Gasteiger partial charge in [0.05, 0.1) is 6.10 Å². The van der Waals surface area contributed by atoms with Crippen molar-refractivity contribution >= 4 is 0 Å². The minimum atomic E-state index is -0.495. The molecule has 1 aliphatic carbocycles. The van der Waals surface area contributed by atoms with Crippen molar-refractivity contribution in [2.24, 2.45) is 11.8 Å². The van der Waals surface area contributed by atoms with Gasteiger partial charge in [-0.25, -0.2) is 4.39 Å². The summed E-state index contributed by atoms with van der Waals surface area (Å²) < 4.78 is 31.1. The number of aliphatic hydroxyl groups excluding tert-OH is 1. The average Bonchev–Trinajstić information content (AvgIpc) is 3.15. The highest BCUT2D eigenvalue weighted by atomic mass is 19.1. The molecule has 0 bridgehead atoms. The predicted molar refractivity (Wildman–Crippen MR) is 115 cm³/mol. The number of likely N-dealkylation sites (tertiary alicyclic amines) is 1. The summed E-state index contributed by atoms with van der Waals surface area (Å²) in [4.78, 5) is 2.46. The number of rotatable bonds is 5. The number of benzene rings is 2. The molecule has 5 rings (SSSR count). The lowest BCUT2D eigenvalue weighted by atomic mass is 9.78. The lowest BCUT2D eigenvalue weighted by Gasteiger charge is -2.35. The van der Waals surface area contributed by atoms with Crippen LogP contribution in [0.1, 0.15) is 30.9 Å². The minimum absolute atomic E-state index is 0.244. The number of hydrogen-bond donors (Lipinski definition) is 1. The van der Waals surface area contributed by atoms with Crippen LogP contribution in [0.5, 0.6) is 17.2 Å². The zero-order valence-corrected chi connectivity index (χ0v) is 17.9. The molecule has 0 aromatic heterocycles. The molecule has 1 saturated heterocycles. The molecule has 3 aliphatic rings. The van der Waals surface area contributed by atoms with Crippen molar-refractivity contribution in [3.8, 4) is 17.2 Å². The van der Waals surface area contributed by atoms with E-state index < -0.39 is 6.10 Å². The fraction of sp³-hybridized carbons (Fsp3) is 0.520. The van der Waals surface area contributed by atoms with E-state index in [1.807, 2.05) is 13.0 Å². The monoisotopic (exact) mass is 427 g/mol. The number of fused-ring (bicyclic) bond motifs is 2. The van der Waals surface area contributed by atoms with Crippen molar-refractivity contribution in [1.82, 2.24) is 4.90 Å². The lowest BCUT2D eigenvalue weighted by molar-refractivity contribution is -0.0235. The number of aliphatic hydroxyl groups is 1. The molecule has 0 radical (unpaired) electrons. The number of hydrogen-bond acceptors (Lipinski definition) is 5. The Kier molecular flexibility index (Phi) is 5.76. The van der Waals surface area contributed by atoms with Gasteiger partial charge in [-0.1, -0.05) is 13.0 Å². The maximum atomic E-state index is 13.6. The number of nitrogens with zero attached hydrogens (tertiary/aromatic N) is 1.